The van der Waals surface area contributed by atoms with Gasteiger partial charge in [0.25, 0.3) is 0 Å². The zero-order valence-electron chi connectivity index (χ0n) is 10.8. The van der Waals surface area contributed by atoms with Crippen LogP contribution in [0.3, 0.4) is 0 Å². The second kappa shape index (κ2) is 3.88. The fourth-order valence-electron chi connectivity index (χ4n) is 4.12. The molecule has 1 saturated carbocycles. The van der Waals surface area contributed by atoms with Crippen molar-refractivity contribution in [3.8, 4) is 0 Å². The molecule has 1 fully saturated rings. The van der Waals surface area contributed by atoms with Crippen LogP contribution in [0, 0.1) is 15.5 Å². The topological polar surface area (TPSA) is 103 Å². The van der Waals surface area contributed by atoms with Crippen molar-refractivity contribution >= 4 is 11.7 Å². The molecule has 20 heavy (non-hydrogen) atoms. The highest BCUT2D eigenvalue weighted by atomic mass is 16.6. The molecule has 2 N–H and O–H groups in total. The van der Waals surface area contributed by atoms with E-state index in [1.165, 1.54) is 0 Å². The Kier molecular flexibility index (Phi) is 2.48. The molecule has 2 unspecified atom stereocenters. The second-order valence-electron chi connectivity index (χ2n) is 5.57. The highest BCUT2D eigenvalue weighted by Crippen LogP contribution is 2.61. The minimum Gasteiger partial charge on any atom is -0.369 e. The number of rotatable bonds is 3. The van der Waals surface area contributed by atoms with E-state index in [1.54, 1.807) is 24.3 Å². The van der Waals surface area contributed by atoms with Crippen molar-refractivity contribution in [2.75, 3.05) is 6.54 Å². The van der Waals surface area contributed by atoms with Crippen LogP contribution in [0.2, 0.25) is 0 Å². The third-order valence-electron chi connectivity index (χ3n) is 4.87. The number of carbonyl (C=O) groups is 2. The quantitative estimate of drug-likeness (QED) is 0.505. The van der Waals surface area contributed by atoms with Gasteiger partial charge in [-0.1, -0.05) is 30.7 Å². The summed E-state index contributed by atoms with van der Waals surface area (Å²) in [7, 11) is 0. The molecule has 0 spiro atoms. The van der Waals surface area contributed by atoms with E-state index >= 15 is 0 Å². The standard InChI is InChI=1S/C14H14N2O4/c15-12(18)14-7-3-6-13(14,8-16(19)20)10-5-2-1-4-9(10)11(14)17/h1-2,4-5H,3,6-8H2,(H2,15,18). The monoisotopic (exact) mass is 274 g/mol. The fraction of sp³-hybridized carbons (Fsp3) is 0.429. The van der Waals surface area contributed by atoms with Gasteiger partial charge in [-0.25, -0.2) is 0 Å². The van der Waals surface area contributed by atoms with Crippen LogP contribution in [0.5, 0.6) is 0 Å². The van der Waals surface area contributed by atoms with Crippen molar-refractivity contribution in [1.82, 2.24) is 0 Å². The number of nitro groups is 1. The molecule has 6 heteroatoms. The van der Waals surface area contributed by atoms with Crippen LogP contribution in [-0.4, -0.2) is 23.2 Å². The number of hydrogen-bond donors (Lipinski definition) is 1. The first kappa shape index (κ1) is 12.8. The van der Waals surface area contributed by atoms with E-state index in [0.717, 1.165) is 0 Å². The third-order valence-corrected chi connectivity index (χ3v) is 4.87. The average molecular weight is 274 g/mol. The summed E-state index contributed by atoms with van der Waals surface area (Å²) in [6.45, 7) is -0.432. The summed E-state index contributed by atoms with van der Waals surface area (Å²) >= 11 is 0. The highest BCUT2D eigenvalue weighted by molar-refractivity contribution is 6.19. The van der Waals surface area contributed by atoms with Gasteiger partial charge in [-0.05, 0) is 18.4 Å². The van der Waals surface area contributed by atoms with E-state index in [-0.39, 0.29) is 5.78 Å². The van der Waals surface area contributed by atoms with Crippen molar-refractivity contribution in [3.05, 3.63) is 45.5 Å². The van der Waals surface area contributed by atoms with Gasteiger partial charge in [-0.2, -0.15) is 0 Å². The molecule has 0 aliphatic heterocycles. The first-order valence-electron chi connectivity index (χ1n) is 6.52. The summed E-state index contributed by atoms with van der Waals surface area (Å²) in [4.78, 5) is 35.4. The van der Waals surface area contributed by atoms with Gasteiger partial charge < -0.3 is 5.73 Å². The van der Waals surface area contributed by atoms with Crippen LogP contribution in [-0.2, 0) is 10.2 Å². The summed E-state index contributed by atoms with van der Waals surface area (Å²) in [6.07, 6.45) is 1.33. The highest BCUT2D eigenvalue weighted by Gasteiger charge is 2.70. The Morgan fingerprint density at radius 3 is 2.70 bits per heavy atom. The van der Waals surface area contributed by atoms with Gasteiger partial charge in [0.2, 0.25) is 12.5 Å². The van der Waals surface area contributed by atoms with E-state index < -0.39 is 28.2 Å². The average Bonchev–Trinajstić information content (AvgIpc) is 2.85. The van der Waals surface area contributed by atoms with Crippen LogP contribution in [0.1, 0.15) is 35.2 Å². The van der Waals surface area contributed by atoms with E-state index in [0.29, 0.717) is 30.4 Å². The number of primary amides is 1. The molecule has 1 amide bonds. The molecular weight excluding hydrogens is 260 g/mol. The smallest absolute Gasteiger partial charge is 0.232 e. The van der Waals surface area contributed by atoms with Crippen molar-refractivity contribution in [1.29, 1.82) is 0 Å². The first-order chi connectivity index (χ1) is 9.45. The van der Waals surface area contributed by atoms with Gasteiger partial charge in [0.1, 0.15) is 5.41 Å². The molecule has 0 radical (unpaired) electrons. The van der Waals surface area contributed by atoms with Gasteiger partial charge in [-0.3, -0.25) is 19.7 Å². The lowest BCUT2D eigenvalue weighted by molar-refractivity contribution is -0.492. The maximum Gasteiger partial charge on any atom is 0.232 e. The molecule has 104 valence electrons. The van der Waals surface area contributed by atoms with Crippen LogP contribution in [0.4, 0.5) is 0 Å². The SMILES string of the molecule is NC(=O)C12CCCC1(C[N+](=O)[O-])c1ccccc1C2=O. The van der Waals surface area contributed by atoms with E-state index in [4.69, 9.17) is 5.73 Å². The fourth-order valence-corrected chi connectivity index (χ4v) is 4.12. The van der Waals surface area contributed by atoms with Gasteiger partial charge in [0.15, 0.2) is 5.78 Å². The minimum absolute atomic E-state index is 0.295. The van der Waals surface area contributed by atoms with Crippen molar-refractivity contribution < 1.29 is 14.5 Å². The predicted molar refractivity (Wildman–Crippen MR) is 69.8 cm³/mol. The van der Waals surface area contributed by atoms with Crippen LogP contribution >= 0.6 is 0 Å². The maximum absolute atomic E-state index is 12.7. The molecule has 0 saturated heterocycles. The minimum atomic E-state index is -1.44. The third kappa shape index (κ3) is 1.23. The number of nitrogens with two attached hydrogens (primary N) is 1. The number of carbonyl (C=O) groups excluding carboxylic acids is 2. The molecule has 2 aliphatic carbocycles. The molecule has 0 heterocycles. The number of benzene rings is 1. The van der Waals surface area contributed by atoms with Gasteiger partial charge in [0.05, 0.1) is 5.41 Å². The van der Waals surface area contributed by atoms with E-state index in [9.17, 15) is 19.7 Å². The number of ketones is 1. The number of hydrogen-bond acceptors (Lipinski definition) is 4. The molecule has 3 rings (SSSR count). The Labute approximate surface area is 115 Å². The summed E-state index contributed by atoms with van der Waals surface area (Å²) in [5.74, 6) is -1.09. The normalized spacial score (nSPS) is 30.9. The Hall–Kier alpha value is -2.24. The zero-order valence-corrected chi connectivity index (χ0v) is 10.8. The van der Waals surface area contributed by atoms with Gasteiger partial charge >= 0.3 is 0 Å². The lowest BCUT2D eigenvalue weighted by Crippen LogP contribution is -2.53. The number of fused-ring (bicyclic) bond motifs is 3. The molecule has 2 atom stereocenters. The number of nitrogens with zero attached hydrogens (tertiary/aromatic N) is 1. The Morgan fingerprint density at radius 1 is 1.35 bits per heavy atom. The van der Waals surface area contributed by atoms with Gasteiger partial charge in [0, 0.05) is 10.5 Å². The molecular formula is C14H14N2O4. The van der Waals surface area contributed by atoms with Crippen molar-refractivity contribution in [3.63, 3.8) is 0 Å². The lowest BCUT2D eigenvalue weighted by atomic mass is 9.65. The van der Waals surface area contributed by atoms with Crippen molar-refractivity contribution in [2.45, 2.75) is 24.7 Å². The Morgan fingerprint density at radius 2 is 2.05 bits per heavy atom. The van der Waals surface area contributed by atoms with Crippen molar-refractivity contribution in [2.24, 2.45) is 11.1 Å². The van der Waals surface area contributed by atoms with E-state index in [2.05, 4.69) is 0 Å². The predicted octanol–water partition coefficient (Wildman–Crippen LogP) is 1.05. The second-order valence-corrected chi connectivity index (χ2v) is 5.57. The molecule has 1 aromatic carbocycles. The molecule has 1 aromatic rings. The molecule has 0 aromatic heterocycles. The van der Waals surface area contributed by atoms with Gasteiger partial charge in [-0.15, -0.1) is 0 Å². The van der Waals surface area contributed by atoms with Crippen LogP contribution in [0.15, 0.2) is 24.3 Å². The Bertz CT molecular complexity index is 642. The number of Topliss-reactive ketones (excluding diaryl/α,β-unsaturated/α-hetero) is 1. The Balaban J connectivity index is 2.32. The van der Waals surface area contributed by atoms with Crippen LogP contribution < -0.4 is 5.73 Å². The summed E-state index contributed by atoms with van der Waals surface area (Å²) in [5, 5.41) is 11.1. The maximum atomic E-state index is 12.7. The first-order valence-corrected chi connectivity index (χ1v) is 6.52. The molecule has 6 nitrogen and oxygen atoms in total. The largest absolute Gasteiger partial charge is 0.369 e. The summed E-state index contributed by atoms with van der Waals surface area (Å²) in [5.41, 5.74) is 4.03. The summed E-state index contributed by atoms with van der Waals surface area (Å²) in [6, 6.07) is 6.78. The lowest BCUT2D eigenvalue weighted by Gasteiger charge is -2.34. The molecule has 2 aliphatic rings. The van der Waals surface area contributed by atoms with E-state index in [1.807, 2.05) is 0 Å². The number of amides is 1. The zero-order chi connectivity index (χ0) is 14.5. The van der Waals surface area contributed by atoms with Crippen LogP contribution in [0.25, 0.3) is 0 Å². The molecule has 0 bridgehead atoms. The summed E-state index contributed by atoms with van der Waals surface area (Å²) < 4.78 is 0.